The highest BCUT2D eigenvalue weighted by Crippen LogP contribution is 2.39. The summed E-state index contributed by atoms with van der Waals surface area (Å²) >= 11 is 7.54. The number of hydrogen-bond acceptors (Lipinski definition) is 6. The quantitative estimate of drug-likeness (QED) is 0.508. The molecule has 1 aliphatic rings. The average molecular weight is 317 g/mol. The summed E-state index contributed by atoms with van der Waals surface area (Å²) in [4.78, 5) is 18.1. The van der Waals surface area contributed by atoms with Crippen LogP contribution in [-0.4, -0.2) is 32.4 Å². The van der Waals surface area contributed by atoms with E-state index in [1.54, 1.807) is 0 Å². The molecule has 1 aromatic rings. The number of nitrogens with one attached hydrogen (secondary N) is 1. The molecule has 0 spiro atoms. The van der Waals surface area contributed by atoms with Crippen molar-refractivity contribution in [2.24, 2.45) is 0 Å². The molecule has 20 heavy (non-hydrogen) atoms. The third-order valence-electron chi connectivity index (χ3n) is 3.71. The van der Waals surface area contributed by atoms with Gasteiger partial charge >= 0.3 is 5.69 Å². The Labute approximate surface area is 126 Å². The lowest BCUT2D eigenvalue weighted by Gasteiger charge is -2.35. The number of anilines is 1. The van der Waals surface area contributed by atoms with E-state index >= 15 is 0 Å². The number of aromatic nitrogens is 2. The van der Waals surface area contributed by atoms with E-state index in [1.165, 1.54) is 19.3 Å². The van der Waals surface area contributed by atoms with Gasteiger partial charge in [-0.2, -0.15) is 16.7 Å². The van der Waals surface area contributed by atoms with Gasteiger partial charge in [0, 0.05) is 11.3 Å². The second-order valence-electron chi connectivity index (χ2n) is 4.93. The SMILES string of the molecule is CSC1(CNc2nc(Cl)ncc2[N+](=O)[O-])CCCCC1. The van der Waals surface area contributed by atoms with Gasteiger partial charge in [0.05, 0.1) is 4.92 Å². The van der Waals surface area contributed by atoms with Crippen LogP contribution in [-0.2, 0) is 0 Å². The highest BCUT2D eigenvalue weighted by Gasteiger charge is 2.32. The molecule has 0 atom stereocenters. The van der Waals surface area contributed by atoms with E-state index in [0.717, 1.165) is 19.0 Å². The Bertz CT molecular complexity index is 494. The summed E-state index contributed by atoms with van der Waals surface area (Å²) in [7, 11) is 0. The Kier molecular flexibility index (Phi) is 5.04. The molecule has 8 heteroatoms. The van der Waals surface area contributed by atoms with Crippen LogP contribution in [0.5, 0.6) is 0 Å². The lowest BCUT2D eigenvalue weighted by Crippen LogP contribution is -2.35. The maximum Gasteiger partial charge on any atom is 0.329 e. The van der Waals surface area contributed by atoms with Crippen LogP contribution in [0.2, 0.25) is 5.28 Å². The number of thioether (sulfide) groups is 1. The van der Waals surface area contributed by atoms with Crippen LogP contribution >= 0.6 is 23.4 Å². The van der Waals surface area contributed by atoms with Crippen LogP contribution in [0.4, 0.5) is 11.5 Å². The molecule has 0 bridgehead atoms. The van der Waals surface area contributed by atoms with Crippen molar-refractivity contribution in [1.29, 1.82) is 0 Å². The molecule has 1 saturated carbocycles. The predicted molar refractivity (Wildman–Crippen MR) is 81.5 cm³/mol. The van der Waals surface area contributed by atoms with Crippen molar-refractivity contribution in [1.82, 2.24) is 9.97 Å². The molecule has 2 rings (SSSR count). The van der Waals surface area contributed by atoms with Crippen molar-refractivity contribution >= 4 is 34.9 Å². The minimum Gasteiger partial charge on any atom is -0.363 e. The fraction of sp³-hybridized carbons (Fsp3) is 0.667. The summed E-state index contributed by atoms with van der Waals surface area (Å²) in [5, 5.41) is 14.1. The van der Waals surface area contributed by atoms with Crippen LogP contribution in [0.1, 0.15) is 32.1 Å². The Morgan fingerprint density at radius 1 is 1.50 bits per heavy atom. The second kappa shape index (κ2) is 6.58. The zero-order valence-corrected chi connectivity index (χ0v) is 12.8. The van der Waals surface area contributed by atoms with Gasteiger partial charge in [-0.3, -0.25) is 10.1 Å². The number of nitro groups is 1. The molecule has 1 aliphatic carbocycles. The molecule has 0 saturated heterocycles. The van der Waals surface area contributed by atoms with Crippen molar-refractivity contribution in [2.75, 3.05) is 18.1 Å². The summed E-state index contributed by atoms with van der Waals surface area (Å²) < 4.78 is 0.129. The van der Waals surface area contributed by atoms with Gasteiger partial charge in [-0.05, 0) is 30.7 Å². The van der Waals surface area contributed by atoms with Crippen molar-refractivity contribution in [3.05, 3.63) is 21.6 Å². The van der Waals surface area contributed by atoms with E-state index in [1.807, 2.05) is 11.8 Å². The van der Waals surface area contributed by atoms with E-state index < -0.39 is 4.92 Å². The average Bonchev–Trinajstić information content (AvgIpc) is 2.46. The monoisotopic (exact) mass is 316 g/mol. The third kappa shape index (κ3) is 3.52. The molecule has 0 amide bonds. The number of halogens is 1. The maximum absolute atomic E-state index is 11.0. The summed E-state index contributed by atoms with van der Waals surface area (Å²) in [5.74, 6) is 0.203. The van der Waals surface area contributed by atoms with E-state index in [2.05, 4.69) is 21.5 Å². The number of hydrogen-bond donors (Lipinski definition) is 1. The molecule has 110 valence electrons. The molecule has 6 nitrogen and oxygen atoms in total. The van der Waals surface area contributed by atoms with Crippen molar-refractivity contribution in [3.63, 3.8) is 0 Å². The Hall–Kier alpha value is -1.08. The molecule has 0 aromatic carbocycles. The molecule has 1 fully saturated rings. The summed E-state index contributed by atoms with van der Waals surface area (Å²) in [6.45, 7) is 0.655. The minimum atomic E-state index is -0.495. The lowest BCUT2D eigenvalue weighted by molar-refractivity contribution is -0.384. The van der Waals surface area contributed by atoms with Gasteiger partial charge in [-0.1, -0.05) is 19.3 Å². The van der Waals surface area contributed by atoms with Gasteiger partial charge in [0.25, 0.3) is 0 Å². The number of nitrogens with zero attached hydrogens (tertiary/aromatic N) is 3. The van der Waals surface area contributed by atoms with Crippen molar-refractivity contribution in [3.8, 4) is 0 Å². The first-order valence-corrected chi connectivity index (χ1v) is 8.12. The fourth-order valence-corrected chi connectivity index (χ4v) is 3.56. The standard InChI is InChI=1S/C12H17ClN4O2S/c1-20-12(5-3-2-4-6-12)8-15-10-9(17(18)19)7-14-11(13)16-10/h7H,2-6,8H2,1H3,(H,14,15,16). The van der Waals surface area contributed by atoms with Crippen molar-refractivity contribution in [2.45, 2.75) is 36.9 Å². The molecule has 1 heterocycles. The van der Waals surface area contributed by atoms with Gasteiger partial charge in [0.1, 0.15) is 6.20 Å². The highest BCUT2D eigenvalue weighted by molar-refractivity contribution is 8.00. The highest BCUT2D eigenvalue weighted by atomic mass is 35.5. The van der Waals surface area contributed by atoms with Crippen LogP contribution in [0.15, 0.2) is 6.20 Å². The lowest BCUT2D eigenvalue weighted by atomic mass is 9.88. The fourth-order valence-electron chi connectivity index (χ4n) is 2.51. The Balaban J connectivity index is 2.13. The molecular weight excluding hydrogens is 300 g/mol. The Morgan fingerprint density at radius 3 is 2.80 bits per heavy atom. The van der Waals surface area contributed by atoms with Gasteiger partial charge in [-0.25, -0.2) is 4.98 Å². The molecule has 0 unspecified atom stereocenters. The van der Waals surface area contributed by atoms with E-state index in [9.17, 15) is 10.1 Å². The molecule has 0 aliphatic heterocycles. The van der Waals surface area contributed by atoms with Gasteiger partial charge in [0.15, 0.2) is 0 Å². The van der Waals surface area contributed by atoms with E-state index in [0.29, 0.717) is 6.54 Å². The molecular formula is C12H17ClN4O2S. The molecule has 0 radical (unpaired) electrons. The van der Waals surface area contributed by atoms with Gasteiger partial charge < -0.3 is 5.32 Å². The minimum absolute atomic E-state index is 0.0138. The molecule has 1 aromatic heterocycles. The summed E-state index contributed by atoms with van der Waals surface area (Å²) in [5.41, 5.74) is -0.138. The van der Waals surface area contributed by atoms with E-state index in [4.69, 9.17) is 11.6 Å². The Morgan fingerprint density at radius 2 is 2.20 bits per heavy atom. The first kappa shape index (κ1) is 15.3. The second-order valence-corrected chi connectivity index (χ2v) is 6.54. The topological polar surface area (TPSA) is 81.0 Å². The van der Waals surface area contributed by atoms with Crippen LogP contribution in [0.3, 0.4) is 0 Å². The largest absolute Gasteiger partial charge is 0.363 e. The summed E-state index contributed by atoms with van der Waals surface area (Å²) in [6.07, 6.45) is 9.15. The van der Waals surface area contributed by atoms with Crippen LogP contribution in [0.25, 0.3) is 0 Å². The van der Waals surface area contributed by atoms with Gasteiger partial charge in [0.2, 0.25) is 11.1 Å². The third-order valence-corrected chi connectivity index (χ3v) is 5.31. The van der Waals surface area contributed by atoms with E-state index in [-0.39, 0.29) is 21.5 Å². The zero-order chi connectivity index (χ0) is 14.6. The van der Waals surface area contributed by atoms with Crippen molar-refractivity contribution < 1.29 is 4.92 Å². The zero-order valence-electron chi connectivity index (χ0n) is 11.3. The summed E-state index contributed by atoms with van der Waals surface area (Å²) in [6, 6.07) is 0. The predicted octanol–water partition coefficient (Wildman–Crippen LogP) is 3.52. The number of rotatable bonds is 5. The molecule has 1 N–H and O–H groups in total. The normalized spacial score (nSPS) is 17.7. The van der Waals surface area contributed by atoms with Crippen LogP contribution < -0.4 is 5.32 Å². The maximum atomic E-state index is 11.0. The van der Waals surface area contributed by atoms with Crippen LogP contribution in [0, 0.1) is 10.1 Å². The first-order valence-electron chi connectivity index (χ1n) is 6.52. The van der Waals surface area contributed by atoms with Gasteiger partial charge in [-0.15, -0.1) is 0 Å². The smallest absolute Gasteiger partial charge is 0.329 e. The first-order chi connectivity index (χ1) is 9.56.